The number of benzene rings is 1. The van der Waals surface area contributed by atoms with Crippen LogP contribution in [0.15, 0.2) is 24.3 Å². The summed E-state index contributed by atoms with van der Waals surface area (Å²) in [6.07, 6.45) is 0. The molecule has 18 heavy (non-hydrogen) atoms. The molecule has 0 unspecified atom stereocenters. The van der Waals surface area contributed by atoms with Crippen molar-refractivity contribution in [1.82, 2.24) is 10.6 Å². The minimum absolute atomic E-state index is 0.0773. The third-order valence-corrected chi connectivity index (χ3v) is 2.08. The average molecular weight is 247 g/mol. The highest BCUT2D eigenvalue weighted by Crippen LogP contribution is 2.10. The molecule has 0 saturated heterocycles. The van der Waals surface area contributed by atoms with E-state index in [1.54, 1.807) is 24.3 Å². The second kappa shape index (κ2) is 6.91. The number of nitriles is 1. The Morgan fingerprint density at radius 1 is 1.28 bits per heavy atom. The van der Waals surface area contributed by atoms with Gasteiger partial charge in [0.2, 0.25) is 5.91 Å². The fourth-order valence-corrected chi connectivity index (χ4v) is 1.09. The van der Waals surface area contributed by atoms with Crippen LogP contribution in [0.5, 0.6) is 5.75 Å². The summed E-state index contributed by atoms with van der Waals surface area (Å²) in [6, 6.07) is 8.37. The molecule has 0 radical (unpaired) electrons. The van der Waals surface area contributed by atoms with Crippen LogP contribution in [0.1, 0.15) is 5.56 Å². The zero-order valence-electron chi connectivity index (χ0n) is 9.90. The maximum atomic E-state index is 11.3. The number of carbonyl (C=O) groups is 2. The van der Waals surface area contributed by atoms with Crippen LogP contribution in [0.4, 0.5) is 0 Å². The Balaban J connectivity index is 2.33. The third kappa shape index (κ3) is 4.53. The molecule has 1 rings (SSSR count). The van der Waals surface area contributed by atoms with Gasteiger partial charge in [0.05, 0.1) is 18.2 Å². The molecule has 0 bridgehead atoms. The summed E-state index contributed by atoms with van der Waals surface area (Å²) >= 11 is 0. The topological polar surface area (TPSA) is 91.2 Å². The van der Waals surface area contributed by atoms with Crippen LogP contribution >= 0.6 is 0 Å². The molecule has 0 spiro atoms. The second-order valence-corrected chi connectivity index (χ2v) is 3.37. The highest BCUT2D eigenvalue weighted by Gasteiger charge is 2.04. The molecule has 0 aliphatic heterocycles. The molecular weight excluding hydrogens is 234 g/mol. The molecule has 0 heterocycles. The lowest BCUT2D eigenvalue weighted by molar-refractivity contribution is -0.127. The third-order valence-electron chi connectivity index (χ3n) is 2.08. The van der Waals surface area contributed by atoms with Crippen LogP contribution in [-0.2, 0) is 9.59 Å². The van der Waals surface area contributed by atoms with Crippen molar-refractivity contribution in [3.63, 3.8) is 0 Å². The van der Waals surface area contributed by atoms with Crippen LogP contribution in [-0.4, -0.2) is 32.0 Å². The summed E-state index contributed by atoms with van der Waals surface area (Å²) in [7, 11) is 1.49. The Bertz CT molecular complexity index is 462. The highest BCUT2D eigenvalue weighted by molar-refractivity contribution is 5.85. The van der Waals surface area contributed by atoms with E-state index in [1.165, 1.54) is 7.05 Å². The van der Waals surface area contributed by atoms with E-state index < -0.39 is 0 Å². The molecular formula is C12H13N3O3. The smallest absolute Gasteiger partial charge is 0.258 e. The first-order valence-electron chi connectivity index (χ1n) is 5.26. The van der Waals surface area contributed by atoms with Gasteiger partial charge in [-0.05, 0) is 24.3 Å². The molecule has 6 nitrogen and oxygen atoms in total. The van der Waals surface area contributed by atoms with Gasteiger partial charge >= 0.3 is 0 Å². The molecule has 0 atom stereocenters. The summed E-state index contributed by atoms with van der Waals surface area (Å²) in [6.45, 7) is -0.255. The Kier molecular flexibility index (Phi) is 5.19. The Morgan fingerprint density at radius 2 is 1.94 bits per heavy atom. The minimum atomic E-state index is -0.386. The maximum Gasteiger partial charge on any atom is 0.258 e. The second-order valence-electron chi connectivity index (χ2n) is 3.37. The molecule has 94 valence electrons. The van der Waals surface area contributed by atoms with Gasteiger partial charge in [0.15, 0.2) is 6.61 Å². The molecule has 0 fully saturated rings. The van der Waals surface area contributed by atoms with E-state index in [9.17, 15) is 9.59 Å². The standard InChI is InChI=1S/C12H13N3O3/c1-14-11(16)7-15-12(17)8-18-10-4-2-9(6-13)3-5-10/h2-5H,7-8H2,1H3,(H,14,16)(H,15,17). The monoisotopic (exact) mass is 247 g/mol. The minimum Gasteiger partial charge on any atom is -0.484 e. The number of likely N-dealkylation sites (N-methyl/N-ethyl adjacent to an activating group) is 1. The quantitative estimate of drug-likeness (QED) is 0.753. The van der Waals surface area contributed by atoms with Crippen molar-refractivity contribution in [1.29, 1.82) is 5.26 Å². The van der Waals surface area contributed by atoms with Crippen LogP contribution in [0.25, 0.3) is 0 Å². The first-order chi connectivity index (χ1) is 8.65. The maximum absolute atomic E-state index is 11.3. The van der Waals surface area contributed by atoms with Crippen molar-refractivity contribution in [3.8, 4) is 11.8 Å². The zero-order chi connectivity index (χ0) is 13.4. The summed E-state index contributed by atoms with van der Waals surface area (Å²) < 4.78 is 5.18. The predicted octanol–water partition coefficient (Wildman–Crippen LogP) is -0.201. The van der Waals surface area contributed by atoms with Gasteiger partial charge < -0.3 is 15.4 Å². The molecule has 0 aromatic heterocycles. The number of hydrogen-bond acceptors (Lipinski definition) is 4. The van der Waals surface area contributed by atoms with Crippen molar-refractivity contribution < 1.29 is 14.3 Å². The molecule has 6 heteroatoms. The van der Waals surface area contributed by atoms with Gasteiger partial charge in [-0.15, -0.1) is 0 Å². The van der Waals surface area contributed by atoms with E-state index in [0.717, 1.165) is 0 Å². The van der Waals surface area contributed by atoms with Gasteiger partial charge in [-0.1, -0.05) is 0 Å². The Hall–Kier alpha value is -2.55. The SMILES string of the molecule is CNC(=O)CNC(=O)COc1ccc(C#N)cc1. The number of hydrogen-bond donors (Lipinski definition) is 2. The van der Waals surface area contributed by atoms with Crippen LogP contribution in [0.3, 0.4) is 0 Å². The lowest BCUT2D eigenvalue weighted by Gasteiger charge is -2.06. The highest BCUT2D eigenvalue weighted by atomic mass is 16.5. The lowest BCUT2D eigenvalue weighted by atomic mass is 10.2. The van der Waals surface area contributed by atoms with E-state index in [4.69, 9.17) is 10.00 Å². The summed E-state index contributed by atoms with van der Waals surface area (Å²) in [5, 5.41) is 13.4. The first-order valence-corrected chi connectivity index (χ1v) is 5.26. The number of carbonyl (C=O) groups excluding carboxylic acids is 2. The average Bonchev–Trinajstić information content (AvgIpc) is 2.42. The number of nitrogens with one attached hydrogen (secondary N) is 2. The van der Waals surface area contributed by atoms with E-state index in [2.05, 4.69) is 10.6 Å². The predicted molar refractivity (Wildman–Crippen MR) is 63.7 cm³/mol. The fraction of sp³-hybridized carbons (Fsp3) is 0.250. The molecule has 0 aliphatic rings. The molecule has 1 aromatic rings. The van der Waals surface area contributed by atoms with Gasteiger partial charge in [-0.2, -0.15) is 5.26 Å². The fourth-order valence-electron chi connectivity index (χ4n) is 1.09. The van der Waals surface area contributed by atoms with Gasteiger partial charge in [0, 0.05) is 7.05 Å². The van der Waals surface area contributed by atoms with Crippen molar-refractivity contribution in [2.24, 2.45) is 0 Å². The number of amides is 2. The van der Waals surface area contributed by atoms with Gasteiger partial charge in [0.25, 0.3) is 5.91 Å². The summed E-state index contributed by atoms with van der Waals surface area (Å²) in [5.41, 5.74) is 0.520. The molecule has 2 amide bonds. The number of nitrogens with zero attached hydrogens (tertiary/aromatic N) is 1. The van der Waals surface area contributed by atoms with Crippen molar-refractivity contribution in [2.75, 3.05) is 20.2 Å². The van der Waals surface area contributed by atoms with E-state index in [0.29, 0.717) is 11.3 Å². The van der Waals surface area contributed by atoms with E-state index in [-0.39, 0.29) is 25.0 Å². The first kappa shape index (κ1) is 13.5. The van der Waals surface area contributed by atoms with Crippen LogP contribution in [0, 0.1) is 11.3 Å². The van der Waals surface area contributed by atoms with Gasteiger partial charge in [-0.3, -0.25) is 9.59 Å². The number of rotatable bonds is 5. The van der Waals surface area contributed by atoms with Crippen molar-refractivity contribution >= 4 is 11.8 Å². The zero-order valence-corrected chi connectivity index (χ0v) is 9.90. The van der Waals surface area contributed by atoms with Crippen molar-refractivity contribution in [3.05, 3.63) is 29.8 Å². The summed E-state index contributed by atoms with van der Waals surface area (Å²) in [4.78, 5) is 22.2. The van der Waals surface area contributed by atoms with E-state index in [1.807, 2.05) is 6.07 Å². The normalized spacial score (nSPS) is 9.11. The number of ether oxygens (including phenoxy) is 1. The Morgan fingerprint density at radius 3 is 2.50 bits per heavy atom. The van der Waals surface area contributed by atoms with Gasteiger partial charge in [-0.25, -0.2) is 0 Å². The molecule has 0 aliphatic carbocycles. The van der Waals surface area contributed by atoms with E-state index >= 15 is 0 Å². The Labute approximate surface area is 105 Å². The van der Waals surface area contributed by atoms with Gasteiger partial charge in [0.1, 0.15) is 5.75 Å². The van der Waals surface area contributed by atoms with Crippen molar-refractivity contribution in [2.45, 2.75) is 0 Å². The molecule has 2 N–H and O–H groups in total. The lowest BCUT2D eigenvalue weighted by Crippen LogP contribution is -2.37. The largest absolute Gasteiger partial charge is 0.484 e. The van der Waals surface area contributed by atoms with Crippen LogP contribution in [0.2, 0.25) is 0 Å². The summed E-state index contributed by atoms with van der Waals surface area (Å²) in [5.74, 6) is -0.172. The van der Waals surface area contributed by atoms with Crippen LogP contribution < -0.4 is 15.4 Å². The molecule has 1 aromatic carbocycles. The molecule has 0 saturated carbocycles.